The Morgan fingerprint density at radius 2 is 1.77 bits per heavy atom. The molecule has 3 unspecified atom stereocenters. The topological polar surface area (TPSA) is 84.2 Å². The predicted octanol–water partition coefficient (Wildman–Crippen LogP) is 1.72. The Morgan fingerprint density at radius 1 is 1.08 bits per heavy atom. The lowest BCUT2D eigenvalue weighted by Crippen LogP contribution is -2.44. The smallest absolute Gasteiger partial charge is 0.172 e. The standard InChI is InChI=1S/C20H24N2O4/c1-21(2)11-5-7-13(15(23)9-11)17-19(25)18(20(17)26)14-8-6-12(22(3)4)10-16(14)24/h5-11,18-19,23-25H,1-4H3. The second kappa shape index (κ2) is 6.63. The van der Waals surface area contributed by atoms with Crippen LogP contribution in [0.4, 0.5) is 5.69 Å². The molecule has 3 atom stereocenters. The summed E-state index contributed by atoms with van der Waals surface area (Å²) in [5, 5.41) is 31.1. The highest BCUT2D eigenvalue weighted by molar-refractivity contribution is 6.11. The predicted molar refractivity (Wildman–Crippen MR) is 101 cm³/mol. The fourth-order valence-electron chi connectivity index (χ4n) is 3.34. The number of phenols is 1. The van der Waals surface area contributed by atoms with Crippen molar-refractivity contribution in [3.8, 4) is 5.75 Å². The Hall–Kier alpha value is -2.57. The summed E-state index contributed by atoms with van der Waals surface area (Å²) in [5.74, 6) is -1.14. The highest BCUT2D eigenvalue weighted by Crippen LogP contribution is 2.45. The van der Waals surface area contributed by atoms with Crippen molar-refractivity contribution in [3.05, 3.63) is 58.9 Å². The molecule has 2 aliphatic carbocycles. The van der Waals surface area contributed by atoms with Gasteiger partial charge in [0.15, 0.2) is 5.78 Å². The van der Waals surface area contributed by atoms with E-state index in [1.165, 1.54) is 0 Å². The van der Waals surface area contributed by atoms with Crippen LogP contribution < -0.4 is 4.90 Å². The number of anilines is 1. The first-order valence-electron chi connectivity index (χ1n) is 8.44. The van der Waals surface area contributed by atoms with Crippen molar-refractivity contribution in [2.75, 3.05) is 33.1 Å². The Kier molecular flexibility index (Phi) is 4.64. The maximum absolute atomic E-state index is 12.7. The van der Waals surface area contributed by atoms with Crippen molar-refractivity contribution in [1.82, 2.24) is 4.90 Å². The van der Waals surface area contributed by atoms with Gasteiger partial charge in [0, 0.05) is 48.6 Å². The highest BCUT2D eigenvalue weighted by atomic mass is 16.3. The summed E-state index contributed by atoms with van der Waals surface area (Å²) < 4.78 is 0. The van der Waals surface area contributed by atoms with E-state index in [0.717, 1.165) is 5.69 Å². The first-order chi connectivity index (χ1) is 12.2. The van der Waals surface area contributed by atoms with Gasteiger partial charge in [-0.05, 0) is 26.2 Å². The monoisotopic (exact) mass is 356 g/mol. The van der Waals surface area contributed by atoms with Gasteiger partial charge in [0.25, 0.3) is 0 Å². The molecule has 3 N–H and O–H groups in total. The van der Waals surface area contributed by atoms with Gasteiger partial charge in [-0.3, -0.25) is 9.69 Å². The third kappa shape index (κ3) is 2.91. The molecule has 1 fully saturated rings. The second-order valence-corrected chi connectivity index (χ2v) is 7.12. The zero-order chi connectivity index (χ0) is 19.2. The maximum atomic E-state index is 12.7. The number of ketones is 1. The lowest BCUT2D eigenvalue weighted by Gasteiger charge is -2.36. The fourth-order valence-corrected chi connectivity index (χ4v) is 3.34. The van der Waals surface area contributed by atoms with Crippen molar-refractivity contribution in [3.63, 3.8) is 0 Å². The molecular weight excluding hydrogens is 332 g/mol. The molecule has 0 aliphatic heterocycles. The molecule has 0 saturated heterocycles. The Bertz CT molecular complexity index is 836. The fraction of sp³-hybridized carbons (Fsp3) is 0.350. The van der Waals surface area contributed by atoms with Gasteiger partial charge < -0.3 is 20.2 Å². The lowest BCUT2D eigenvalue weighted by molar-refractivity contribution is -0.125. The number of phenolic OH excluding ortho intramolecular Hbond substituents is 1. The van der Waals surface area contributed by atoms with E-state index >= 15 is 0 Å². The van der Waals surface area contributed by atoms with Crippen molar-refractivity contribution < 1.29 is 20.1 Å². The quantitative estimate of drug-likeness (QED) is 0.716. The first kappa shape index (κ1) is 18.2. The zero-order valence-corrected chi connectivity index (χ0v) is 15.3. The van der Waals surface area contributed by atoms with Crippen molar-refractivity contribution in [1.29, 1.82) is 0 Å². The van der Waals surface area contributed by atoms with Crippen LogP contribution in [0.25, 0.3) is 0 Å². The molecule has 1 aromatic rings. The summed E-state index contributed by atoms with van der Waals surface area (Å²) in [6.07, 6.45) is 4.10. The van der Waals surface area contributed by atoms with E-state index in [0.29, 0.717) is 11.1 Å². The summed E-state index contributed by atoms with van der Waals surface area (Å²) in [4.78, 5) is 16.4. The number of carbonyl (C=O) groups excluding carboxylic acids is 1. The van der Waals surface area contributed by atoms with Crippen LogP contribution in [-0.4, -0.2) is 66.3 Å². The molecule has 0 bridgehead atoms. The number of nitrogens with zero attached hydrogens (tertiary/aromatic N) is 2. The average Bonchev–Trinajstić information content (AvgIpc) is 2.58. The number of allylic oxidation sites excluding steroid dienone is 1. The number of carbonyl (C=O) groups is 1. The average molecular weight is 356 g/mol. The molecule has 138 valence electrons. The van der Waals surface area contributed by atoms with E-state index in [4.69, 9.17) is 0 Å². The van der Waals surface area contributed by atoms with Gasteiger partial charge in [0.1, 0.15) is 11.5 Å². The molecule has 0 aromatic heterocycles. The number of aliphatic hydroxyl groups is 2. The minimum atomic E-state index is -1.07. The minimum absolute atomic E-state index is 0.0146. The number of Topliss-reactive ketones (excluding diaryl/α,β-unsaturated/α-hetero) is 1. The van der Waals surface area contributed by atoms with E-state index in [1.54, 1.807) is 30.4 Å². The van der Waals surface area contributed by atoms with Crippen LogP contribution in [0.2, 0.25) is 0 Å². The molecule has 2 aliphatic rings. The number of hydrogen-bond acceptors (Lipinski definition) is 6. The van der Waals surface area contributed by atoms with Crippen LogP contribution in [-0.2, 0) is 4.79 Å². The molecule has 0 radical (unpaired) electrons. The highest BCUT2D eigenvalue weighted by Gasteiger charge is 2.48. The maximum Gasteiger partial charge on any atom is 0.172 e. The van der Waals surface area contributed by atoms with Gasteiger partial charge in [-0.15, -0.1) is 0 Å². The number of aliphatic hydroxyl groups excluding tert-OH is 2. The molecule has 6 heteroatoms. The summed E-state index contributed by atoms with van der Waals surface area (Å²) in [7, 11) is 7.48. The van der Waals surface area contributed by atoms with Gasteiger partial charge in [-0.2, -0.15) is 0 Å². The van der Waals surface area contributed by atoms with Gasteiger partial charge in [0.05, 0.1) is 12.0 Å². The molecule has 3 rings (SSSR count). The molecule has 6 nitrogen and oxygen atoms in total. The van der Waals surface area contributed by atoms with Gasteiger partial charge in [-0.1, -0.05) is 18.2 Å². The number of rotatable bonds is 3. The third-order valence-corrected chi connectivity index (χ3v) is 4.98. The summed E-state index contributed by atoms with van der Waals surface area (Å²) in [6, 6.07) is 4.96. The van der Waals surface area contributed by atoms with Crippen LogP contribution in [0, 0.1) is 0 Å². The zero-order valence-electron chi connectivity index (χ0n) is 15.3. The molecule has 26 heavy (non-hydrogen) atoms. The summed E-state index contributed by atoms with van der Waals surface area (Å²) in [5.41, 5.74) is 1.73. The normalized spacial score (nSPS) is 28.2. The Labute approximate surface area is 153 Å². The number of hydrogen-bond donors (Lipinski definition) is 3. The molecular formula is C20H24N2O4. The van der Waals surface area contributed by atoms with Gasteiger partial charge >= 0.3 is 0 Å². The lowest BCUT2D eigenvalue weighted by atomic mass is 9.68. The van der Waals surface area contributed by atoms with Crippen LogP contribution in [0.1, 0.15) is 11.5 Å². The van der Waals surface area contributed by atoms with E-state index in [2.05, 4.69) is 0 Å². The summed E-state index contributed by atoms with van der Waals surface area (Å²) in [6.45, 7) is 0. The Balaban J connectivity index is 1.90. The van der Waals surface area contributed by atoms with Crippen LogP contribution in [0.5, 0.6) is 5.75 Å². The number of aromatic hydroxyl groups is 1. The minimum Gasteiger partial charge on any atom is -0.508 e. The molecule has 0 heterocycles. The van der Waals surface area contributed by atoms with Crippen LogP contribution >= 0.6 is 0 Å². The molecule has 1 saturated carbocycles. The Morgan fingerprint density at radius 3 is 2.27 bits per heavy atom. The summed E-state index contributed by atoms with van der Waals surface area (Å²) >= 11 is 0. The van der Waals surface area contributed by atoms with Gasteiger partial charge in [-0.25, -0.2) is 0 Å². The largest absolute Gasteiger partial charge is 0.508 e. The van der Waals surface area contributed by atoms with Crippen molar-refractivity contribution in [2.45, 2.75) is 18.1 Å². The molecule has 1 aromatic carbocycles. The van der Waals surface area contributed by atoms with Crippen molar-refractivity contribution >= 4 is 11.5 Å². The van der Waals surface area contributed by atoms with Crippen molar-refractivity contribution in [2.24, 2.45) is 0 Å². The van der Waals surface area contributed by atoms with E-state index in [1.807, 2.05) is 44.1 Å². The SMILES string of the molecule is CN(C)c1ccc(C2C(=O)C(=C3C=CC(N(C)C)C=C3O)C2O)c(O)c1. The first-order valence-corrected chi connectivity index (χ1v) is 8.44. The van der Waals surface area contributed by atoms with Crippen LogP contribution in [0.3, 0.4) is 0 Å². The van der Waals surface area contributed by atoms with E-state index in [9.17, 15) is 20.1 Å². The second-order valence-electron chi connectivity index (χ2n) is 7.12. The third-order valence-electron chi connectivity index (χ3n) is 4.98. The van der Waals surface area contributed by atoms with Crippen LogP contribution in [0.15, 0.2) is 53.3 Å². The number of likely N-dealkylation sites (N-methyl/N-ethyl adjacent to an activating group) is 1. The van der Waals surface area contributed by atoms with E-state index in [-0.39, 0.29) is 28.9 Å². The van der Waals surface area contributed by atoms with Gasteiger partial charge in [0.2, 0.25) is 0 Å². The number of benzene rings is 1. The van der Waals surface area contributed by atoms with E-state index < -0.39 is 12.0 Å². The molecule has 0 spiro atoms. The molecule has 0 amide bonds.